The van der Waals surface area contributed by atoms with E-state index in [1.807, 2.05) is 6.92 Å². The molecule has 23 heavy (non-hydrogen) atoms. The molecule has 1 fully saturated rings. The van der Waals surface area contributed by atoms with Crippen LogP contribution in [0.25, 0.3) is 0 Å². The Bertz CT molecular complexity index is 580. The first-order valence-corrected chi connectivity index (χ1v) is 7.54. The van der Waals surface area contributed by atoms with Crippen molar-refractivity contribution in [3.05, 3.63) is 29.8 Å². The van der Waals surface area contributed by atoms with Gasteiger partial charge in [0.15, 0.2) is 0 Å². The molecule has 0 saturated carbocycles. The molecule has 2 amide bonds. The van der Waals surface area contributed by atoms with Crippen LogP contribution in [0.5, 0.6) is 5.75 Å². The van der Waals surface area contributed by atoms with Crippen molar-refractivity contribution in [1.29, 1.82) is 0 Å². The van der Waals surface area contributed by atoms with Gasteiger partial charge >= 0.3 is 6.61 Å². The van der Waals surface area contributed by atoms with Gasteiger partial charge in [-0.05, 0) is 31.0 Å². The van der Waals surface area contributed by atoms with Gasteiger partial charge in [0.05, 0.1) is 6.54 Å². The van der Waals surface area contributed by atoms with Crippen LogP contribution >= 0.6 is 0 Å². The fourth-order valence-electron chi connectivity index (χ4n) is 2.65. The maximum Gasteiger partial charge on any atom is 0.387 e. The number of alkyl halides is 2. The number of benzene rings is 1. The fourth-order valence-corrected chi connectivity index (χ4v) is 2.65. The van der Waals surface area contributed by atoms with Crippen LogP contribution in [-0.4, -0.2) is 47.4 Å². The minimum absolute atomic E-state index is 0.0357. The topological polar surface area (TPSA) is 49.9 Å². The van der Waals surface area contributed by atoms with Gasteiger partial charge in [0, 0.05) is 13.1 Å². The molecule has 0 N–H and O–H groups in total. The zero-order valence-corrected chi connectivity index (χ0v) is 13.2. The molecule has 126 valence electrons. The molecule has 1 atom stereocenters. The summed E-state index contributed by atoms with van der Waals surface area (Å²) in [4.78, 5) is 27.6. The Balaban J connectivity index is 2.10. The third kappa shape index (κ3) is 4.18. The number of hydrogen-bond acceptors (Lipinski definition) is 3. The normalized spacial score (nSPS) is 18.7. The number of nitrogens with zero attached hydrogens (tertiary/aromatic N) is 2. The number of rotatable bonds is 6. The van der Waals surface area contributed by atoms with Crippen molar-refractivity contribution in [2.45, 2.75) is 39.5 Å². The number of carbonyl (C=O) groups is 2. The Morgan fingerprint density at radius 1 is 1.35 bits per heavy atom. The van der Waals surface area contributed by atoms with Gasteiger partial charge in [-0.2, -0.15) is 8.78 Å². The summed E-state index contributed by atoms with van der Waals surface area (Å²) in [7, 11) is 0. The van der Waals surface area contributed by atoms with E-state index in [0.29, 0.717) is 12.1 Å². The van der Waals surface area contributed by atoms with Crippen LogP contribution in [0.2, 0.25) is 0 Å². The lowest BCUT2D eigenvalue weighted by atomic mass is 10.1. The van der Waals surface area contributed by atoms with E-state index in [2.05, 4.69) is 4.74 Å². The molecule has 1 aromatic rings. The number of piperazine rings is 1. The molecule has 1 aliphatic rings. The zero-order valence-electron chi connectivity index (χ0n) is 13.2. The molecule has 0 aromatic heterocycles. The summed E-state index contributed by atoms with van der Waals surface area (Å²) in [6.07, 6.45) is 0.790. The summed E-state index contributed by atoms with van der Waals surface area (Å²) in [5.41, 5.74) is 0.639. The SMILES string of the molecule is CCCN1CC(=O)N(Cc2cccc(OC(F)F)c2)[C@H](C)C1=O. The standard InChI is InChI=1S/C16H20F2N2O3/c1-3-7-19-10-14(21)20(11(2)15(19)22)9-12-5-4-6-13(8-12)23-16(17)18/h4-6,8,11,16H,3,7,9-10H2,1-2H3/t11-/m1/s1. The Morgan fingerprint density at radius 3 is 2.74 bits per heavy atom. The van der Waals surface area contributed by atoms with E-state index in [1.54, 1.807) is 24.0 Å². The quantitative estimate of drug-likeness (QED) is 0.806. The van der Waals surface area contributed by atoms with Gasteiger partial charge in [0.2, 0.25) is 11.8 Å². The van der Waals surface area contributed by atoms with E-state index in [4.69, 9.17) is 0 Å². The van der Waals surface area contributed by atoms with E-state index >= 15 is 0 Å². The smallest absolute Gasteiger partial charge is 0.387 e. The highest BCUT2D eigenvalue weighted by Gasteiger charge is 2.35. The number of hydrogen-bond donors (Lipinski definition) is 0. The van der Waals surface area contributed by atoms with E-state index < -0.39 is 12.7 Å². The number of carbonyl (C=O) groups excluding carboxylic acids is 2. The van der Waals surface area contributed by atoms with E-state index in [0.717, 1.165) is 6.42 Å². The average Bonchev–Trinajstić information content (AvgIpc) is 2.49. The van der Waals surface area contributed by atoms with Gasteiger partial charge < -0.3 is 14.5 Å². The monoisotopic (exact) mass is 326 g/mol. The molecular formula is C16H20F2N2O3. The molecule has 2 rings (SSSR count). The molecule has 0 unspecified atom stereocenters. The molecule has 0 bridgehead atoms. The highest BCUT2D eigenvalue weighted by molar-refractivity contribution is 5.94. The van der Waals surface area contributed by atoms with Crippen LogP contribution in [0.4, 0.5) is 8.78 Å². The molecule has 1 aromatic carbocycles. The lowest BCUT2D eigenvalue weighted by Crippen LogP contribution is -2.58. The van der Waals surface area contributed by atoms with Crippen molar-refractivity contribution >= 4 is 11.8 Å². The van der Waals surface area contributed by atoms with E-state index in [9.17, 15) is 18.4 Å². The minimum atomic E-state index is -2.90. The lowest BCUT2D eigenvalue weighted by molar-refractivity contribution is -0.155. The van der Waals surface area contributed by atoms with Crippen molar-refractivity contribution in [2.24, 2.45) is 0 Å². The van der Waals surface area contributed by atoms with E-state index in [1.165, 1.54) is 17.0 Å². The molecule has 1 heterocycles. The lowest BCUT2D eigenvalue weighted by Gasteiger charge is -2.38. The summed E-state index contributed by atoms with van der Waals surface area (Å²) < 4.78 is 28.9. The first-order chi connectivity index (χ1) is 10.9. The summed E-state index contributed by atoms with van der Waals surface area (Å²) in [5.74, 6) is -0.203. The third-order valence-corrected chi connectivity index (χ3v) is 3.75. The predicted molar refractivity (Wildman–Crippen MR) is 80.0 cm³/mol. The van der Waals surface area contributed by atoms with Gasteiger partial charge in [-0.15, -0.1) is 0 Å². The van der Waals surface area contributed by atoms with E-state index in [-0.39, 0.29) is 30.7 Å². The van der Waals surface area contributed by atoms with Crippen molar-refractivity contribution < 1.29 is 23.1 Å². The van der Waals surface area contributed by atoms with Gasteiger partial charge in [-0.1, -0.05) is 19.1 Å². The van der Waals surface area contributed by atoms with Crippen LogP contribution in [-0.2, 0) is 16.1 Å². The van der Waals surface area contributed by atoms with Crippen LogP contribution in [0, 0.1) is 0 Å². The number of ether oxygens (including phenoxy) is 1. The van der Waals surface area contributed by atoms with Crippen molar-refractivity contribution in [2.75, 3.05) is 13.1 Å². The van der Waals surface area contributed by atoms with Crippen molar-refractivity contribution in [1.82, 2.24) is 9.80 Å². The highest BCUT2D eigenvalue weighted by atomic mass is 19.3. The van der Waals surface area contributed by atoms with Gasteiger partial charge in [-0.3, -0.25) is 9.59 Å². The molecule has 5 nitrogen and oxygen atoms in total. The Kier molecular flexibility index (Phi) is 5.52. The fraction of sp³-hybridized carbons (Fsp3) is 0.500. The molecule has 0 aliphatic carbocycles. The summed E-state index contributed by atoms with van der Waals surface area (Å²) in [6.45, 7) is 1.53. The Labute approximate surface area is 133 Å². The maximum atomic E-state index is 12.3. The third-order valence-electron chi connectivity index (χ3n) is 3.75. The van der Waals surface area contributed by atoms with Crippen LogP contribution < -0.4 is 4.74 Å². The molecule has 1 saturated heterocycles. The molecular weight excluding hydrogens is 306 g/mol. The predicted octanol–water partition coefficient (Wildman–Crippen LogP) is 2.26. The van der Waals surface area contributed by atoms with Gasteiger partial charge in [-0.25, -0.2) is 0 Å². The Morgan fingerprint density at radius 2 is 2.09 bits per heavy atom. The Hall–Kier alpha value is -2.18. The highest BCUT2D eigenvalue weighted by Crippen LogP contribution is 2.20. The second kappa shape index (κ2) is 7.39. The molecule has 0 spiro atoms. The van der Waals surface area contributed by atoms with Gasteiger partial charge in [0.1, 0.15) is 11.8 Å². The zero-order chi connectivity index (χ0) is 17.0. The van der Waals surface area contributed by atoms with Crippen LogP contribution in [0.1, 0.15) is 25.8 Å². The minimum Gasteiger partial charge on any atom is -0.435 e. The van der Waals surface area contributed by atoms with Gasteiger partial charge in [0.25, 0.3) is 0 Å². The largest absolute Gasteiger partial charge is 0.435 e. The van der Waals surface area contributed by atoms with Crippen molar-refractivity contribution in [3.63, 3.8) is 0 Å². The summed E-state index contributed by atoms with van der Waals surface area (Å²) in [6, 6.07) is 5.60. The second-order valence-electron chi connectivity index (χ2n) is 5.48. The van der Waals surface area contributed by atoms with Crippen molar-refractivity contribution in [3.8, 4) is 5.75 Å². The maximum absolute atomic E-state index is 12.3. The molecule has 7 heteroatoms. The summed E-state index contributed by atoms with van der Waals surface area (Å²) in [5, 5.41) is 0. The number of halogens is 2. The number of amides is 2. The van der Waals surface area contributed by atoms with Crippen LogP contribution in [0.3, 0.4) is 0 Å². The second-order valence-corrected chi connectivity index (χ2v) is 5.48. The first-order valence-electron chi connectivity index (χ1n) is 7.54. The first kappa shape index (κ1) is 17.2. The average molecular weight is 326 g/mol. The van der Waals surface area contributed by atoms with Crippen LogP contribution in [0.15, 0.2) is 24.3 Å². The molecule has 1 aliphatic heterocycles. The summed E-state index contributed by atoms with van der Waals surface area (Å²) >= 11 is 0. The molecule has 0 radical (unpaired) electrons.